The van der Waals surface area contributed by atoms with E-state index in [0.29, 0.717) is 17.8 Å². The molecule has 1 aromatic carbocycles. The van der Waals surface area contributed by atoms with Gasteiger partial charge in [0.15, 0.2) is 0 Å². The molecular weight excluding hydrogens is 248 g/mol. The van der Waals surface area contributed by atoms with Gasteiger partial charge >= 0.3 is 5.97 Å². The fourth-order valence-electron chi connectivity index (χ4n) is 2.95. The summed E-state index contributed by atoms with van der Waals surface area (Å²) in [6.45, 7) is 0.645. The van der Waals surface area contributed by atoms with Gasteiger partial charge < -0.3 is 10.4 Å². The Morgan fingerprint density at radius 1 is 1.47 bits per heavy atom. The number of anilines is 1. The summed E-state index contributed by atoms with van der Waals surface area (Å²) in [5.74, 6) is -0.856. The number of nitrogens with zero attached hydrogens (tertiary/aromatic N) is 1. The van der Waals surface area contributed by atoms with Crippen molar-refractivity contribution < 1.29 is 14.8 Å². The average Bonchev–Trinajstić information content (AvgIpc) is 2.85. The fourth-order valence-corrected chi connectivity index (χ4v) is 2.95. The lowest BCUT2D eigenvalue weighted by Gasteiger charge is -2.29. The van der Waals surface area contributed by atoms with Crippen LogP contribution < -0.4 is 5.32 Å². The Morgan fingerprint density at radius 3 is 2.95 bits per heavy atom. The number of aromatic carboxylic acids is 1. The third kappa shape index (κ3) is 1.68. The highest BCUT2D eigenvalue weighted by atomic mass is 16.6. The minimum Gasteiger partial charge on any atom is -0.478 e. The number of rotatable bonds is 2. The molecule has 1 aromatic rings. The maximum Gasteiger partial charge on any atom is 0.337 e. The zero-order valence-electron chi connectivity index (χ0n) is 10.00. The standard InChI is InChI=1S/C13H12N2O4/c16-13(17)9-4-5-10(15(18)19)11-8-3-1-2-7(8)6-14-12(9)11/h1,3-5,7-8,14H,2,6H2,(H,16,17)/t7-,8-/m0/s1. The summed E-state index contributed by atoms with van der Waals surface area (Å²) in [6, 6.07) is 2.59. The topological polar surface area (TPSA) is 92.5 Å². The summed E-state index contributed by atoms with van der Waals surface area (Å²) in [7, 11) is 0. The Labute approximate surface area is 108 Å². The van der Waals surface area contributed by atoms with Crippen LogP contribution in [0.2, 0.25) is 0 Å². The summed E-state index contributed by atoms with van der Waals surface area (Å²) in [5.41, 5.74) is 0.998. The van der Waals surface area contributed by atoms with E-state index in [2.05, 4.69) is 5.32 Å². The van der Waals surface area contributed by atoms with E-state index < -0.39 is 10.9 Å². The van der Waals surface area contributed by atoms with Gasteiger partial charge in [-0.3, -0.25) is 10.1 Å². The number of hydrogen-bond acceptors (Lipinski definition) is 4. The molecule has 98 valence electrons. The Morgan fingerprint density at radius 2 is 2.26 bits per heavy atom. The summed E-state index contributed by atoms with van der Waals surface area (Å²) in [5, 5.41) is 23.4. The van der Waals surface area contributed by atoms with E-state index in [1.54, 1.807) is 0 Å². The minimum atomic E-state index is -1.07. The molecule has 19 heavy (non-hydrogen) atoms. The number of carboxylic acid groups (broad SMARTS) is 1. The zero-order valence-corrected chi connectivity index (χ0v) is 10.00. The van der Waals surface area contributed by atoms with Crippen LogP contribution in [0.5, 0.6) is 0 Å². The number of benzene rings is 1. The largest absolute Gasteiger partial charge is 0.478 e. The van der Waals surface area contributed by atoms with Crippen molar-refractivity contribution in [2.75, 3.05) is 11.9 Å². The van der Waals surface area contributed by atoms with Crippen LogP contribution >= 0.6 is 0 Å². The second-order valence-corrected chi connectivity index (χ2v) is 4.81. The van der Waals surface area contributed by atoms with E-state index in [9.17, 15) is 20.0 Å². The number of nitro groups is 1. The van der Waals surface area contributed by atoms with Crippen LogP contribution in [0.1, 0.15) is 28.3 Å². The normalized spacial score (nSPS) is 23.4. The van der Waals surface area contributed by atoms with Crippen LogP contribution in [-0.4, -0.2) is 22.5 Å². The Balaban J connectivity index is 2.25. The molecule has 2 aliphatic rings. The first-order valence-electron chi connectivity index (χ1n) is 6.04. The van der Waals surface area contributed by atoms with Gasteiger partial charge in [0, 0.05) is 18.5 Å². The number of carbonyl (C=O) groups is 1. The maximum atomic E-state index is 11.2. The lowest BCUT2D eigenvalue weighted by Crippen LogP contribution is -2.26. The van der Waals surface area contributed by atoms with E-state index in [0.717, 1.165) is 6.42 Å². The third-order valence-electron chi connectivity index (χ3n) is 3.81. The molecular formula is C13H12N2O4. The highest BCUT2D eigenvalue weighted by Gasteiger charge is 2.37. The van der Waals surface area contributed by atoms with Crippen molar-refractivity contribution >= 4 is 17.3 Å². The lowest BCUT2D eigenvalue weighted by atomic mass is 9.82. The zero-order chi connectivity index (χ0) is 13.6. The molecule has 2 atom stereocenters. The molecule has 1 heterocycles. The van der Waals surface area contributed by atoms with E-state index >= 15 is 0 Å². The molecule has 0 aromatic heterocycles. The van der Waals surface area contributed by atoms with Gasteiger partial charge in [-0.05, 0) is 18.4 Å². The summed E-state index contributed by atoms with van der Waals surface area (Å²) in [4.78, 5) is 21.9. The molecule has 1 aliphatic heterocycles. The smallest absolute Gasteiger partial charge is 0.337 e. The fraction of sp³-hybridized carbons (Fsp3) is 0.308. The van der Waals surface area contributed by atoms with Crippen LogP contribution in [0.3, 0.4) is 0 Å². The molecule has 1 aliphatic carbocycles. The van der Waals surface area contributed by atoms with Crippen LogP contribution in [0.4, 0.5) is 11.4 Å². The molecule has 0 amide bonds. The van der Waals surface area contributed by atoms with Gasteiger partial charge in [-0.25, -0.2) is 4.79 Å². The summed E-state index contributed by atoms with van der Waals surface area (Å²) in [6.07, 6.45) is 4.82. The van der Waals surface area contributed by atoms with E-state index in [-0.39, 0.29) is 23.1 Å². The molecule has 0 bridgehead atoms. The first kappa shape index (κ1) is 11.7. The molecule has 0 unspecified atom stereocenters. The van der Waals surface area contributed by atoms with Gasteiger partial charge in [-0.2, -0.15) is 0 Å². The number of fused-ring (bicyclic) bond motifs is 3. The number of nitrogens with one attached hydrogen (secondary N) is 1. The Hall–Kier alpha value is -2.37. The maximum absolute atomic E-state index is 11.2. The predicted molar refractivity (Wildman–Crippen MR) is 68.5 cm³/mol. The molecule has 6 nitrogen and oxygen atoms in total. The van der Waals surface area contributed by atoms with E-state index in [4.69, 9.17) is 0 Å². The van der Waals surface area contributed by atoms with Crippen LogP contribution in [0.15, 0.2) is 24.3 Å². The van der Waals surface area contributed by atoms with Gasteiger partial charge in [0.25, 0.3) is 5.69 Å². The van der Waals surface area contributed by atoms with Crippen molar-refractivity contribution in [2.45, 2.75) is 12.3 Å². The van der Waals surface area contributed by atoms with Gasteiger partial charge in [0.05, 0.1) is 21.7 Å². The molecule has 0 fully saturated rings. The van der Waals surface area contributed by atoms with Crippen molar-refractivity contribution in [1.82, 2.24) is 0 Å². The summed E-state index contributed by atoms with van der Waals surface area (Å²) < 4.78 is 0. The Bertz CT molecular complexity index is 609. The quantitative estimate of drug-likeness (QED) is 0.484. The van der Waals surface area contributed by atoms with Crippen molar-refractivity contribution in [1.29, 1.82) is 0 Å². The lowest BCUT2D eigenvalue weighted by molar-refractivity contribution is -0.385. The predicted octanol–water partition coefficient (Wildman–Crippen LogP) is 2.38. The van der Waals surface area contributed by atoms with Crippen molar-refractivity contribution in [3.63, 3.8) is 0 Å². The first-order chi connectivity index (χ1) is 9.09. The highest BCUT2D eigenvalue weighted by molar-refractivity contribution is 5.96. The third-order valence-corrected chi connectivity index (χ3v) is 3.81. The summed E-state index contributed by atoms with van der Waals surface area (Å²) >= 11 is 0. The number of hydrogen-bond donors (Lipinski definition) is 2. The van der Waals surface area contributed by atoms with Crippen LogP contribution in [0.25, 0.3) is 0 Å². The molecule has 0 radical (unpaired) electrons. The molecule has 0 saturated carbocycles. The average molecular weight is 260 g/mol. The van der Waals surface area contributed by atoms with Crippen molar-refractivity contribution in [3.8, 4) is 0 Å². The highest BCUT2D eigenvalue weighted by Crippen LogP contribution is 2.46. The second-order valence-electron chi connectivity index (χ2n) is 4.81. The van der Waals surface area contributed by atoms with Crippen LogP contribution in [-0.2, 0) is 0 Å². The molecule has 0 spiro atoms. The van der Waals surface area contributed by atoms with Crippen molar-refractivity contribution in [2.24, 2.45) is 5.92 Å². The molecule has 3 rings (SSSR count). The van der Waals surface area contributed by atoms with Gasteiger partial charge in [-0.15, -0.1) is 0 Å². The Kier molecular flexibility index (Phi) is 2.51. The second kappa shape index (κ2) is 4.08. The molecule has 0 saturated heterocycles. The molecule has 6 heteroatoms. The number of allylic oxidation sites excluding steroid dienone is 2. The van der Waals surface area contributed by atoms with Gasteiger partial charge in [-0.1, -0.05) is 12.2 Å². The van der Waals surface area contributed by atoms with Gasteiger partial charge in [0.2, 0.25) is 0 Å². The van der Waals surface area contributed by atoms with Gasteiger partial charge in [0.1, 0.15) is 0 Å². The molecule has 2 N–H and O–H groups in total. The number of carboxylic acids is 1. The van der Waals surface area contributed by atoms with E-state index in [1.165, 1.54) is 12.1 Å². The SMILES string of the molecule is O=C(O)c1ccc([N+](=O)[O-])c2c1NC[C@@H]1CC=C[C@H]21. The number of nitro benzene ring substituents is 1. The van der Waals surface area contributed by atoms with Crippen molar-refractivity contribution in [3.05, 3.63) is 45.5 Å². The van der Waals surface area contributed by atoms with Crippen LogP contribution in [0, 0.1) is 16.0 Å². The first-order valence-corrected chi connectivity index (χ1v) is 6.04. The minimum absolute atomic E-state index is 0.00579. The monoisotopic (exact) mass is 260 g/mol. The van der Waals surface area contributed by atoms with E-state index in [1.807, 2.05) is 12.2 Å².